The second-order valence-corrected chi connectivity index (χ2v) is 3.72. The first-order valence-electron chi connectivity index (χ1n) is 4.81. The number of hydrogen-bond acceptors (Lipinski definition) is 2. The molecular formula is C11H14N2O. The van der Waals surface area contributed by atoms with Gasteiger partial charge in [0.1, 0.15) is 5.92 Å². The third kappa shape index (κ3) is 2.78. The van der Waals surface area contributed by atoms with E-state index in [1.54, 1.807) is 11.8 Å². The van der Waals surface area contributed by atoms with Gasteiger partial charge in [-0.3, -0.25) is 4.79 Å². The molecule has 1 aliphatic rings. The fourth-order valence-corrected chi connectivity index (χ4v) is 1.28. The van der Waals surface area contributed by atoms with Crippen molar-refractivity contribution in [3.8, 4) is 18.4 Å². The summed E-state index contributed by atoms with van der Waals surface area (Å²) in [7, 11) is 0. The van der Waals surface area contributed by atoms with Crippen LogP contribution in [-0.4, -0.2) is 23.9 Å². The molecule has 1 atom stereocenters. The molecule has 14 heavy (non-hydrogen) atoms. The molecule has 1 amide bonds. The maximum Gasteiger partial charge on any atom is 0.240 e. The average molecular weight is 190 g/mol. The Morgan fingerprint density at radius 1 is 1.71 bits per heavy atom. The van der Waals surface area contributed by atoms with Gasteiger partial charge in [0.2, 0.25) is 5.91 Å². The quantitative estimate of drug-likeness (QED) is 0.621. The first kappa shape index (κ1) is 10.6. The van der Waals surface area contributed by atoms with Gasteiger partial charge in [0.05, 0.1) is 12.6 Å². The molecule has 0 aromatic heterocycles. The summed E-state index contributed by atoms with van der Waals surface area (Å²) in [6.45, 7) is 2.65. The van der Waals surface area contributed by atoms with Crippen LogP contribution in [0, 0.1) is 35.5 Å². The largest absolute Gasteiger partial charge is 0.330 e. The molecule has 3 nitrogen and oxygen atoms in total. The highest BCUT2D eigenvalue weighted by molar-refractivity contribution is 5.81. The van der Waals surface area contributed by atoms with Gasteiger partial charge in [-0.15, -0.1) is 6.42 Å². The van der Waals surface area contributed by atoms with Gasteiger partial charge in [-0.25, -0.2) is 0 Å². The zero-order chi connectivity index (χ0) is 10.6. The lowest BCUT2D eigenvalue weighted by Crippen LogP contribution is -2.36. The van der Waals surface area contributed by atoms with E-state index in [1.165, 1.54) is 12.8 Å². The summed E-state index contributed by atoms with van der Waals surface area (Å²) >= 11 is 0. The van der Waals surface area contributed by atoms with Crippen LogP contribution in [0.2, 0.25) is 0 Å². The van der Waals surface area contributed by atoms with Gasteiger partial charge in [-0.05, 0) is 25.7 Å². The lowest BCUT2D eigenvalue weighted by atomic mass is 10.1. The van der Waals surface area contributed by atoms with Crippen molar-refractivity contribution in [2.75, 3.05) is 13.1 Å². The molecule has 0 aromatic rings. The highest BCUT2D eigenvalue weighted by atomic mass is 16.2. The van der Waals surface area contributed by atoms with Crippen LogP contribution in [0.25, 0.3) is 0 Å². The van der Waals surface area contributed by atoms with Crippen molar-refractivity contribution >= 4 is 5.91 Å². The summed E-state index contributed by atoms with van der Waals surface area (Å²) in [4.78, 5) is 13.3. The molecule has 0 aliphatic heterocycles. The van der Waals surface area contributed by atoms with Gasteiger partial charge in [-0.2, -0.15) is 5.26 Å². The predicted octanol–water partition coefficient (Wildman–Crippen LogP) is 1.02. The van der Waals surface area contributed by atoms with Crippen LogP contribution in [-0.2, 0) is 4.79 Å². The Hall–Kier alpha value is -1.48. The second-order valence-electron chi connectivity index (χ2n) is 3.72. The fraction of sp³-hybridized carbons (Fsp3) is 0.636. The molecule has 74 valence electrons. The standard InChI is InChI=1S/C11H14N2O/c1-3-6-13(8-10-4-5-10)11(14)9(2)7-12/h1,9-10H,4-6,8H2,2H3. The topological polar surface area (TPSA) is 44.1 Å². The molecule has 0 bridgehead atoms. The molecule has 0 radical (unpaired) electrons. The Bertz CT molecular complexity index is 293. The number of nitriles is 1. The van der Waals surface area contributed by atoms with E-state index in [0.717, 1.165) is 6.54 Å². The van der Waals surface area contributed by atoms with Crippen molar-refractivity contribution in [1.29, 1.82) is 5.26 Å². The molecular weight excluding hydrogens is 176 g/mol. The number of hydrogen-bond donors (Lipinski definition) is 0. The molecule has 1 aliphatic carbocycles. The smallest absolute Gasteiger partial charge is 0.240 e. The van der Waals surface area contributed by atoms with Gasteiger partial charge in [0.15, 0.2) is 0 Å². The minimum absolute atomic E-state index is 0.141. The highest BCUT2D eigenvalue weighted by Crippen LogP contribution is 2.29. The van der Waals surface area contributed by atoms with Crippen LogP contribution in [0.15, 0.2) is 0 Å². The summed E-state index contributed by atoms with van der Waals surface area (Å²) < 4.78 is 0. The number of carbonyl (C=O) groups is 1. The SMILES string of the molecule is C#CCN(CC1CC1)C(=O)C(C)C#N. The van der Waals surface area contributed by atoms with E-state index in [4.69, 9.17) is 11.7 Å². The van der Waals surface area contributed by atoms with Crippen LogP contribution in [0.4, 0.5) is 0 Å². The van der Waals surface area contributed by atoms with Crippen molar-refractivity contribution in [3.63, 3.8) is 0 Å². The summed E-state index contributed by atoms with van der Waals surface area (Å²) in [5.41, 5.74) is 0. The van der Waals surface area contributed by atoms with Crippen molar-refractivity contribution in [1.82, 2.24) is 4.90 Å². The van der Waals surface area contributed by atoms with Gasteiger partial charge in [-0.1, -0.05) is 5.92 Å². The zero-order valence-electron chi connectivity index (χ0n) is 8.36. The van der Waals surface area contributed by atoms with E-state index in [-0.39, 0.29) is 5.91 Å². The summed E-state index contributed by atoms with van der Waals surface area (Å²) in [5, 5.41) is 8.62. The maximum atomic E-state index is 11.6. The minimum atomic E-state index is -0.581. The number of rotatable bonds is 4. The summed E-state index contributed by atoms with van der Waals surface area (Å²) in [6.07, 6.45) is 7.53. The zero-order valence-corrected chi connectivity index (χ0v) is 8.36. The van der Waals surface area contributed by atoms with Crippen molar-refractivity contribution < 1.29 is 4.79 Å². The Labute approximate surface area is 84.7 Å². The molecule has 1 saturated carbocycles. The Morgan fingerprint density at radius 2 is 2.36 bits per heavy atom. The molecule has 1 rings (SSSR count). The van der Waals surface area contributed by atoms with E-state index in [1.807, 2.05) is 6.07 Å². The maximum absolute atomic E-state index is 11.6. The molecule has 0 spiro atoms. The van der Waals surface area contributed by atoms with E-state index in [2.05, 4.69) is 5.92 Å². The third-order valence-electron chi connectivity index (χ3n) is 2.33. The van der Waals surface area contributed by atoms with Crippen LogP contribution >= 0.6 is 0 Å². The highest BCUT2D eigenvalue weighted by Gasteiger charge is 2.28. The molecule has 1 unspecified atom stereocenters. The van der Waals surface area contributed by atoms with Crippen LogP contribution in [0.5, 0.6) is 0 Å². The normalized spacial score (nSPS) is 16.5. The van der Waals surface area contributed by atoms with E-state index in [0.29, 0.717) is 12.5 Å². The third-order valence-corrected chi connectivity index (χ3v) is 2.33. The van der Waals surface area contributed by atoms with Gasteiger partial charge >= 0.3 is 0 Å². The number of carbonyl (C=O) groups excluding carboxylic acids is 1. The van der Waals surface area contributed by atoms with Gasteiger partial charge in [0.25, 0.3) is 0 Å². The molecule has 0 N–H and O–H groups in total. The van der Waals surface area contributed by atoms with Crippen molar-refractivity contribution in [2.45, 2.75) is 19.8 Å². The van der Waals surface area contributed by atoms with E-state index >= 15 is 0 Å². The lowest BCUT2D eigenvalue weighted by Gasteiger charge is -2.20. The van der Waals surface area contributed by atoms with Crippen molar-refractivity contribution in [2.24, 2.45) is 11.8 Å². The van der Waals surface area contributed by atoms with Gasteiger partial charge < -0.3 is 4.90 Å². The Kier molecular flexibility index (Phi) is 3.54. The number of terminal acetylenes is 1. The first-order valence-corrected chi connectivity index (χ1v) is 4.81. The van der Waals surface area contributed by atoms with Crippen molar-refractivity contribution in [3.05, 3.63) is 0 Å². The minimum Gasteiger partial charge on any atom is -0.330 e. The second kappa shape index (κ2) is 4.67. The number of nitrogens with zero attached hydrogens (tertiary/aromatic N) is 2. The molecule has 0 aromatic carbocycles. The Morgan fingerprint density at radius 3 is 2.79 bits per heavy atom. The lowest BCUT2D eigenvalue weighted by molar-refractivity contribution is -0.132. The molecule has 0 heterocycles. The molecule has 0 saturated heterocycles. The molecule has 3 heteroatoms. The summed E-state index contributed by atoms with van der Waals surface area (Å²) in [5.74, 6) is 2.34. The van der Waals surface area contributed by atoms with Gasteiger partial charge in [0, 0.05) is 6.54 Å². The average Bonchev–Trinajstić information content (AvgIpc) is 2.98. The van der Waals surface area contributed by atoms with Crippen LogP contribution in [0.3, 0.4) is 0 Å². The first-order chi connectivity index (χ1) is 6.69. The fourth-order valence-electron chi connectivity index (χ4n) is 1.28. The van der Waals surface area contributed by atoms with E-state index < -0.39 is 5.92 Å². The van der Waals surface area contributed by atoms with E-state index in [9.17, 15) is 4.79 Å². The van der Waals surface area contributed by atoms with Crippen LogP contribution < -0.4 is 0 Å². The summed E-state index contributed by atoms with van der Waals surface area (Å²) in [6, 6.07) is 1.94. The predicted molar refractivity (Wildman–Crippen MR) is 52.9 cm³/mol. The number of amides is 1. The van der Waals surface area contributed by atoms with Crippen LogP contribution in [0.1, 0.15) is 19.8 Å². The Balaban J connectivity index is 2.52. The molecule has 1 fully saturated rings. The monoisotopic (exact) mass is 190 g/mol.